The molecule has 6 heteroatoms. The lowest BCUT2D eigenvalue weighted by atomic mass is 10.0. The van der Waals surface area contributed by atoms with Crippen LogP contribution in [0.2, 0.25) is 0 Å². The third-order valence-electron chi connectivity index (χ3n) is 3.75. The lowest BCUT2D eigenvalue weighted by Crippen LogP contribution is -2.49. The van der Waals surface area contributed by atoms with E-state index in [0.717, 1.165) is 22.9 Å². The first kappa shape index (κ1) is 14.6. The van der Waals surface area contributed by atoms with Crippen LogP contribution < -0.4 is 0 Å². The van der Waals surface area contributed by atoms with Crippen molar-refractivity contribution in [3.05, 3.63) is 0 Å². The average Bonchev–Trinajstić information content (AvgIpc) is 3.14. The van der Waals surface area contributed by atoms with Crippen molar-refractivity contribution in [3.63, 3.8) is 0 Å². The van der Waals surface area contributed by atoms with E-state index >= 15 is 0 Å². The van der Waals surface area contributed by atoms with Gasteiger partial charge in [0.25, 0.3) is 0 Å². The van der Waals surface area contributed by atoms with Crippen LogP contribution in [-0.4, -0.2) is 62.5 Å². The van der Waals surface area contributed by atoms with Crippen LogP contribution in [-0.2, 0) is 4.74 Å². The lowest BCUT2D eigenvalue weighted by Gasteiger charge is -2.48. The van der Waals surface area contributed by atoms with E-state index < -0.39 is 0 Å². The van der Waals surface area contributed by atoms with Gasteiger partial charge in [0.15, 0.2) is 0 Å². The maximum absolute atomic E-state index is 5.25. The Balaban J connectivity index is 1.37. The van der Waals surface area contributed by atoms with Crippen molar-refractivity contribution in [2.75, 3.05) is 41.1 Å². The summed E-state index contributed by atoms with van der Waals surface area (Å²) >= 11 is 13.3. The molecule has 0 aliphatic carbocycles. The summed E-state index contributed by atoms with van der Waals surface area (Å²) in [6, 6.07) is 0. The Kier molecular flexibility index (Phi) is 5.41. The topological polar surface area (TPSA) is 12.5 Å². The van der Waals surface area contributed by atoms with Crippen molar-refractivity contribution in [3.8, 4) is 0 Å². The molecule has 18 heavy (non-hydrogen) atoms. The molecule has 3 fully saturated rings. The van der Waals surface area contributed by atoms with Crippen molar-refractivity contribution >= 4 is 59.7 Å². The summed E-state index contributed by atoms with van der Waals surface area (Å²) in [4.78, 5) is 0. The highest BCUT2D eigenvalue weighted by Crippen LogP contribution is 2.51. The molecule has 3 aliphatic rings. The SMILES string of the molecule is SCC1(C2CSC(CSCC3CO3)CS2)CCS1. The molecule has 0 bridgehead atoms. The first-order chi connectivity index (χ1) is 8.82. The Morgan fingerprint density at radius 3 is 2.61 bits per heavy atom. The fourth-order valence-electron chi connectivity index (χ4n) is 2.28. The van der Waals surface area contributed by atoms with Crippen LogP contribution >= 0.6 is 59.7 Å². The van der Waals surface area contributed by atoms with Crippen LogP contribution in [0.4, 0.5) is 0 Å². The second-order valence-corrected chi connectivity index (χ2v) is 10.6. The van der Waals surface area contributed by atoms with E-state index in [-0.39, 0.29) is 0 Å². The molecule has 104 valence electrons. The number of rotatable bonds is 6. The third kappa shape index (κ3) is 3.48. The van der Waals surface area contributed by atoms with Gasteiger partial charge in [-0.1, -0.05) is 0 Å². The van der Waals surface area contributed by atoms with Crippen LogP contribution in [0.5, 0.6) is 0 Å². The highest BCUT2D eigenvalue weighted by atomic mass is 32.2. The zero-order chi connectivity index (χ0) is 12.4. The summed E-state index contributed by atoms with van der Waals surface area (Å²) in [6.07, 6.45) is 1.97. The molecule has 0 spiro atoms. The molecule has 0 aromatic heterocycles. The molecule has 4 unspecified atom stereocenters. The Morgan fingerprint density at radius 1 is 1.28 bits per heavy atom. The first-order valence-corrected chi connectivity index (χ1v) is 11.4. The van der Waals surface area contributed by atoms with E-state index in [1.54, 1.807) is 0 Å². The molecule has 0 radical (unpaired) electrons. The molecule has 3 saturated heterocycles. The van der Waals surface area contributed by atoms with E-state index in [9.17, 15) is 0 Å². The van der Waals surface area contributed by atoms with Crippen LogP contribution in [0.15, 0.2) is 0 Å². The van der Waals surface area contributed by atoms with Gasteiger partial charge in [-0.15, -0.1) is 0 Å². The number of thiol groups is 1. The summed E-state index contributed by atoms with van der Waals surface area (Å²) in [6.45, 7) is 1.00. The summed E-state index contributed by atoms with van der Waals surface area (Å²) in [5.74, 6) is 7.61. The maximum Gasteiger partial charge on any atom is 0.0900 e. The molecule has 3 heterocycles. The summed E-state index contributed by atoms with van der Waals surface area (Å²) in [5.41, 5.74) is 0. The van der Waals surface area contributed by atoms with Gasteiger partial charge >= 0.3 is 0 Å². The van der Waals surface area contributed by atoms with E-state index in [0.29, 0.717) is 10.9 Å². The number of ether oxygens (including phenoxy) is 1. The highest BCUT2D eigenvalue weighted by Gasteiger charge is 2.45. The van der Waals surface area contributed by atoms with Gasteiger partial charge in [0, 0.05) is 44.0 Å². The van der Waals surface area contributed by atoms with Crippen LogP contribution in [0.3, 0.4) is 0 Å². The molecule has 3 rings (SSSR count). The van der Waals surface area contributed by atoms with Crippen molar-refractivity contribution in [1.82, 2.24) is 0 Å². The number of hydrogen-bond acceptors (Lipinski definition) is 6. The van der Waals surface area contributed by atoms with Gasteiger partial charge in [-0.2, -0.15) is 59.7 Å². The molecular weight excluding hydrogens is 320 g/mol. The minimum Gasteiger partial charge on any atom is -0.372 e. The molecular formula is C12H20OS5. The van der Waals surface area contributed by atoms with Gasteiger partial charge in [0.2, 0.25) is 0 Å². The number of hydrogen-bond donors (Lipinski definition) is 1. The number of thioether (sulfide) groups is 4. The Labute approximate surface area is 132 Å². The molecule has 0 amide bonds. The van der Waals surface area contributed by atoms with Crippen molar-refractivity contribution in [1.29, 1.82) is 0 Å². The largest absolute Gasteiger partial charge is 0.372 e. The highest BCUT2D eigenvalue weighted by molar-refractivity contribution is 8.09. The minimum atomic E-state index is 0.515. The van der Waals surface area contributed by atoms with Crippen LogP contribution in [0.1, 0.15) is 6.42 Å². The van der Waals surface area contributed by atoms with Gasteiger partial charge in [-0.25, -0.2) is 0 Å². The van der Waals surface area contributed by atoms with E-state index in [4.69, 9.17) is 4.74 Å². The van der Waals surface area contributed by atoms with Crippen molar-refractivity contribution in [2.45, 2.75) is 27.8 Å². The second kappa shape index (κ2) is 6.65. The Bertz CT molecular complexity index is 266. The molecule has 1 nitrogen and oxygen atoms in total. The zero-order valence-corrected chi connectivity index (χ0v) is 14.5. The fourth-order valence-corrected chi connectivity index (χ4v) is 9.53. The standard InChI is InChI=1S/C12H20OS5/c14-8-12(1-2-18-12)11-7-16-10(6-17-11)5-15-4-9-3-13-9/h9-11,14H,1-8H2. The summed E-state index contributed by atoms with van der Waals surface area (Å²) < 4.78 is 5.77. The van der Waals surface area contributed by atoms with Gasteiger partial charge < -0.3 is 4.74 Å². The van der Waals surface area contributed by atoms with Crippen molar-refractivity contribution in [2.24, 2.45) is 0 Å². The summed E-state index contributed by atoms with van der Waals surface area (Å²) in [5, 5.41) is 1.70. The van der Waals surface area contributed by atoms with Crippen LogP contribution in [0, 0.1) is 0 Å². The average molecular weight is 341 g/mol. The van der Waals surface area contributed by atoms with E-state index in [1.807, 2.05) is 0 Å². The molecule has 0 saturated carbocycles. The molecule has 4 atom stereocenters. The Hall–Kier alpha value is 1.71. The van der Waals surface area contributed by atoms with Gasteiger partial charge in [-0.05, 0) is 12.2 Å². The van der Waals surface area contributed by atoms with Gasteiger partial charge in [-0.3, -0.25) is 0 Å². The van der Waals surface area contributed by atoms with E-state index in [1.165, 1.54) is 35.2 Å². The second-order valence-electron chi connectivity index (χ2n) is 5.09. The van der Waals surface area contributed by atoms with Crippen LogP contribution in [0.25, 0.3) is 0 Å². The number of epoxide rings is 1. The van der Waals surface area contributed by atoms with Gasteiger partial charge in [0.1, 0.15) is 0 Å². The third-order valence-corrected chi connectivity index (χ3v) is 11.1. The maximum atomic E-state index is 5.25. The predicted molar refractivity (Wildman–Crippen MR) is 93.2 cm³/mol. The molecule has 0 aromatic carbocycles. The van der Waals surface area contributed by atoms with Crippen molar-refractivity contribution < 1.29 is 4.74 Å². The molecule has 0 aromatic rings. The lowest BCUT2D eigenvalue weighted by molar-refractivity contribution is 0.426. The normalized spacial score (nSPS) is 43.5. The molecule has 0 N–H and O–H groups in total. The summed E-state index contributed by atoms with van der Waals surface area (Å²) in [7, 11) is 0. The Morgan fingerprint density at radius 2 is 2.11 bits per heavy atom. The zero-order valence-electron chi connectivity index (χ0n) is 10.4. The predicted octanol–water partition coefficient (Wildman–Crippen LogP) is 3.14. The fraction of sp³-hybridized carbons (Fsp3) is 1.00. The van der Waals surface area contributed by atoms with Gasteiger partial charge in [0.05, 0.1) is 12.7 Å². The first-order valence-electron chi connectivity index (χ1n) is 6.50. The monoisotopic (exact) mass is 340 g/mol. The quantitative estimate of drug-likeness (QED) is 0.587. The smallest absolute Gasteiger partial charge is 0.0900 e. The minimum absolute atomic E-state index is 0.515. The van der Waals surface area contributed by atoms with E-state index in [2.05, 4.69) is 59.7 Å². The molecule has 3 aliphatic heterocycles.